The van der Waals surface area contributed by atoms with E-state index in [1.807, 2.05) is 11.8 Å². The average molecular weight is 363 g/mol. The number of carbonyl (C=O) groups is 1. The highest BCUT2D eigenvalue weighted by Crippen LogP contribution is 2.38. The number of amidine groups is 1. The van der Waals surface area contributed by atoms with E-state index in [0.717, 1.165) is 24.0 Å². The molecule has 0 atom stereocenters. The Morgan fingerprint density at radius 2 is 2.00 bits per heavy atom. The molecule has 21 heavy (non-hydrogen) atoms. The van der Waals surface area contributed by atoms with Crippen LogP contribution in [0.3, 0.4) is 0 Å². The molecule has 0 aliphatic carbocycles. The van der Waals surface area contributed by atoms with Crippen LogP contribution in [-0.2, 0) is 4.79 Å². The molecule has 1 amide bonds. The maximum absolute atomic E-state index is 12.4. The molecule has 0 unspecified atom stereocenters. The van der Waals surface area contributed by atoms with Crippen LogP contribution < -0.4 is 5.32 Å². The summed E-state index contributed by atoms with van der Waals surface area (Å²) < 4.78 is 0. The fourth-order valence-corrected chi connectivity index (χ4v) is 4.15. The van der Waals surface area contributed by atoms with Crippen LogP contribution in [0.2, 0.25) is 15.1 Å². The highest BCUT2D eigenvalue weighted by Gasteiger charge is 2.33. The molecule has 0 bridgehead atoms. The zero-order valence-corrected chi connectivity index (χ0v) is 14.0. The van der Waals surface area contributed by atoms with E-state index in [1.165, 1.54) is 23.9 Å². The lowest BCUT2D eigenvalue weighted by atomic mass is 10.3. The van der Waals surface area contributed by atoms with Gasteiger partial charge in [0, 0.05) is 17.3 Å². The van der Waals surface area contributed by atoms with Crippen LogP contribution in [0.5, 0.6) is 0 Å². The Balaban J connectivity index is 1.85. The Hall–Kier alpha value is -0.880. The molecule has 4 nitrogen and oxygen atoms in total. The van der Waals surface area contributed by atoms with Crippen molar-refractivity contribution in [2.75, 3.05) is 18.4 Å². The Kier molecular flexibility index (Phi) is 4.10. The monoisotopic (exact) mass is 361 g/mol. The number of aliphatic imine (C=N–C) groups is 1. The summed E-state index contributed by atoms with van der Waals surface area (Å²) in [6.45, 7) is 3.48. The minimum Gasteiger partial charge on any atom is -0.322 e. The fourth-order valence-electron chi connectivity index (χ4n) is 2.16. The zero-order chi connectivity index (χ0) is 15.1. The summed E-state index contributed by atoms with van der Waals surface area (Å²) in [7, 11) is 0. The number of hydrogen-bond donors (Lipinski definition) is 1. The molecule has 2 aliphatic heterocycles. The van der Waals surface area contributed by atoms with Crippen LogP contribution in [0, 0.1) is 0 Å². The number of nitrogens with zero attached hydrogens (tertiary/aromatic N) is 2. The van der Waals surface area contributed by atoms with Crippen LogP contribution in [0.25, 0.3) is 0 Å². The van der Waals surface area contributed by atoms with Crippen LogP contribution in [0.15, 0.2) is 27.7 Å². The second kappa shape index (κ2) is 5.72. The summed E-state index contributed by atoms with van der Waals surface area (Å²) in [5.41, 5.74) is 1.26. The quantitative estimate of drug-likeness (QED) is 0.856. The van der Waals surface area contributed by atoms with Gasteiger partial charge in [0.2, 0.25) is 0 Å². The number of halogens is 3. The Bertz CT molecular complexity index is 679. The number of amides is 1. The normalized spacial score (nSPS) is 17.1. The van der Waals surface area contributed by atoms with Crippen molar-refractivity contribution in [1.29, 1.82) is 0 Å². The van der Waals surface area contributed by atoms with Gasteiger partial charge in [0.25, 0.3) is 5.91 Å². The zero-order valence-electron chi connectivity index (χ0n) is 10.9. The molecular weight excluding hydrogens is 353 g/mol. The molecule has 2 heterocycles. The Morgan fingerprint density at radius 3 is 2.62 bits per heavy atom. The van der Waals surface area contributed by atoms with Gasteiger partial charge in [0.1, 0.15) is 0 Å². The van der Waals surface area contributed by atoms with Crippen molar-refractivity contribution in [3.05, 3.63) is 37.8 Å². The predicted molar refractivity (Wildman–Crippen MR) is 89.4 cm³/mol. The lowest BCUT2D eigenvalue weighted by Crippen LogP contribution is -2.20. The van der Waals surface area contributed by atoms with Gasteiger partial charge in [-0.1, -0.05) is 34.8 Å². The lowest BCUT2D eigenvalue weighted by Gasteiger charge is -2.12. The molecule has 0 saturated carbocycles. The number of nitrogens with one attached hydrogen (secondary N) is 1. The van der Waals surface area contributed by atoms with Gasteiger partial charge in [-0.3, -0.25) is 9.79 Å². The number of rotatable bonds is 2. The van der Waals surface area contributed by atoms with Crippen molar-refractivity contribution in [3.63, 3.8) is 0 Å². The number of anilines is 1. The standard InChI is InChI=1S/C13H10Cl3N3OS/c1-6-11(21-13-17-2-3-19(6)13)12(20)18-10-8(15)4-7(14)5-9(10)16/h4-5H,2-3H2,1H3,(H,18,20). The smallest absolute Gasteiger partial charge is 0.264 e. The Labute approximate surface area is 141 Å². The van der Waals surface area contributed by atoms with Gasteiger partial charge in [0.05, 0.1) is 27.2 Å². The molecule has 0 saturated heterocycles. The van der Waals surface area contributed by atoms with E-state index in [-0.39, 0.29) is 5.91 Å². The maximum atomic E-state index is 12.4. The Morgan fingerprint density at radius 1 is 1.33 bits per heavy atom. The first-order chi connectivity index (χ1) is 9.97. The van der Waals surface area contributed by atoms with Gasteiger partial charge < -0.3 is 10.2 Å². The van der Waals surface area contributed by atoms with Crippen molar-refractivity contribution < 1.29 is 4.79 Å². The minimum absolute atomic E-state index is 0.249. The van der Waals surface area contributed by atoms with Crippen LogP contribution in [0.4, 0.5) is 5.69 Å². The molecule has 0 fully saturated rings. The minimum atomic E-state index is -0.249. The molecule has 0 aromatic heterocycles. The third-order valence-electron chi connectivity index (χ3n) is 3.18. The SMILES string of the molecule is CC1=C(C(=O)Nc2c(Cl)cc(Cl)cc2Cl)SC2=NCCN21. The maximum Gasteiger partial charge on any atom is 0.264 e. The highest BCUT2D eigenvalue weighted by atomic mass is 35.5. The molecule has 0 radical (unpaired) electrons. The summed E-state index contributed by atoms with van der Waals surface area (Å²) in [6.07, 6.45) is 0. The first kappa shape index (κ1) is 15.0. The van der Waals surface area contributed by atoms with Gasteiger partial charge in [-0.15, -0.1) is 0 Å². The molecule has 1 aromatic carbocycles. The highest BCUT2D eigenvalue weighted by molar-refractivity contribution is 8.18. The van der Waals surface area contributed by atoms with E-state index in [0.29, 0.717) is 25.7 Å². The van der Waals surface area contributed by atoms with Gasteiger partial charge in [-0.05, 0) is 30.8 Å². The number of allylic oxidation sites excluding steroid dienone is 1. The second-order valence-corrected chi connectivity index (χ2v) is 6.76. The number of thioether (sulfide) groups is 1. The number of carbonyl (C=O) groups excluding carboxylic acids is 1. The summed E-state index contributed by atoms with van der Waals surface area (Å²) in [5.74, 6) is -0.249. The topological polar surface area (TPSA) is 44.7 Å². The molecular formula is C13H10Cl3N3OS. The fraction of sp³-hybridized carbons (Fsp3) is 0.231. The van der Waals surface area contributed by atoms with E-state index in [9.17, 15) is 4.79 Å². The van der Waals surface area contributed by atoms with E-state index in [1.54, 1.807) is 0 Å². The molecule has 0 spiro atoms. The van der Waals surface area contributed by atoms with E-state index in [2.05, 4.69) is 10.3 Å². The largest absolute Gasteiger partial charge is 0.322 e. The lowest BCUT2D eigenvalue weighted by molar-refractivity contribution is -0.112. The van der Waals surface area contributed by atoms with Crippen LogP contribution in [0.1, 0.15) is 6.92 Å². The first-order valence-electron chi connectivity index (χ1n) is 6.14. The van der Waals surface area contributed by atoms with Crippen LogP contribution in [-0.4, -0.2) is 29.1 Å². The summed E-state index contributed by atoms with van der Waals surface area (Å²) in [4.78, 5) is 19.4. The third kappa shape index (κ3) is 2.75. The summed E-state index contributed by atoms with van der Waals surface area (Å²) in [5, 5.41) is 4.64. The second-order valence-electron chi connectivity index (χ2n) is 4.53. The van der Waals surface area contributed by atoms with E-state index < -0.39 is 0 Å². The van der Waals surface area contributed by atoms with Gasteiger partial charge in [-0.25, -0.2) is 0 Å². The van der Waals surface area contributed by atoms with Crippen molar-refractivity contribution >= 4 is 63.3 Å². The van der Waals surface area contributed by atoms with Gasteiger partial charge in [-0.2, -0.15) is 0 Å². The van der Waals surface area contributed by atoms with Crippen molar-refractivity contribution in [1.82, 2.24) is 4.90 Å². The van der Waals surface area contributed by atoms with Crippen molar-refractivity contribution in [3.8, 4) is 0 Å². The van der Waals surface area contributed by atoms with Crippen molar-refractivity contribution in [2.45, 2.75) is 6.92 Å². The third-order valence-corrected chi connectivity index (χ3v) is 5.21. The molecule has 1 N–H and O–H groups in total. The molecule has 3 rings (SSSR count). The number of hydrogen-bond acceptors (Lipinski definition) is 4. The molecule has 2 aliphatic rings. The molecule has 1 aromatic rings. The summed E-state index contributed by atoms with van der Waals surface area (Å²) >= 11 is 19.4. The van der Waals surface area contributed by atoms with Gasteiger partial charge >= 0.3 is 0 Å². The predicted octanol–water partition coefficient (Wildman–Crippen LogP) is 4.24. The van der Waals surface area contributed by atoms with E-state index in [4.69, 9.17) is 34.8 Å². The number of fused-ring (bicyclic) bond motifs is 1. The molecule has 8 heteroatoms. The van der Waals surface area contributed by atoms with Crippen LogP contribution >= 0.6 is 46.6 Å². The molecule has 110 valence electrons. The average Bonchev–Trinajstić information content (AvgIpc) is 2.97. The van der Waals surface area contributed by atoms with E-state index >= 15 is 0 Å². The first-order valence-corrected chi connectivity index (χ1v) is 8.09. The van der Waals surface area contributed by atoms with Crippen molar-refractivity contribution in [2.24, 2.45) is 4.99 Å². The number of benzene rings is 1. The summed E-state index contributed by atoms with van der Waals surface area (Å²) in [6, 6.07) is 3.08. The van der Waals surface area contributed by atoms with Gasteiger partial charge in [0.15, 0.2) is 5.17 Å².